The maximum Gasteiger partial charge on any atom is 0.430 e. The molecule has 156 valence electrons. The minimum absolute atomic E-state index is 0.0271. The molecule has 0 spiro atoms. The molecule has 1 aromatic heterocycles. The minimum atomic E-state index is -6.00. The Kier molecular flexibility index (Phi) is 5.12. The Hall–Kier alpha value is -2.59. The zero-order valence-electron chi connectivity index (χ0n) is 14.9. The lowest BCUT2D eigenvalue weighted by atomic mass is 9.90. The summed E-state index contributed by atoms with van der Waals surface area (Å²) in [5, 5.41) is 9.98. The number of hydrogen-bond acceptors (Lipinski definition) is 3. The van der Waals surface area contributed by atoms with Crippen LogP contribution in [-0.2, 0) is 16.9 Å². The van der Waals surface area contributed by atoms with Gasteiger partial charge in [-0.3, -0.25) is 4.79 Å². The van der Waals surface area contributed by atoms with Gasteiger partial charge in [-0.15, -0.1) is 0 Å². The number of aliphatic hydroxyl groups is 1. The van der Waals surface area contributed by atoms with Crippen molar-refractivity contribution in [2.75, 3.05) is 13.7 Å². The highest BCUT2D eigenvalue weighted by atomic mass is 19.4. The fourth-order valence-corrected chi connectivity index (χ4v) is 3.26. The van der Waals surface area contributed by atoms with E-state index < -0.39 is 29.1 Å². The maximum atomic E-state index is 13.3. The van der Waals surface area contributed by atoms with Crippen molar-refractivity contribution in [2.24, 2.45) is 0 Å². The van der Waals surface area contributed by atoms with Crippen molar-refractivity contribution < 1.29 is 36.2 Å². The first-order valence-corrected chi connectivity index (χ1v) is 8.34. The summed E-state index contributed by atoms with van der Waals surface area (Å²) >= 11 is 0. The number of aromatic nitrogens is 1. The molecule has 0 aliphatic heterocycles. The lowest BCUT2D eigenvalue weighted by molar-refractivity contribution is -0.376. The number of rotatable bonds is 4. The molecule has 0 unspecified atom stereocenters. The lowest BCUT2D eigenvalue weighted by Crippen LogP contribution is -2.53. The highest BCUT2D eigenvalue weighted by Gasteiger charge is 2.71. The fraction of sp³-hybridized carbons (Fsp3) is 0.316. The van der Waals surface area contributed by atoms with Gasteiger partial charge in [0.05, 0.1) is 12.1 Å². The Labute approximate surface area is 159 Å². The second kappa shape index (κ2) is 7.03. The molecular formula is C19H15F6NO3. The van der Waals surface area contributed by atoms with Crippen LogP contribution >= 0.6 is 0 Å². The van der Waals surface area contributed by atoms with Crippen LogP contribution in [0.2, 0.25) is 0 Å². The highest BCUT2D eigenvalue weighted by Crippen LogP contribution is 2.50. The van der Waals surface area contributed by atoms with E-state index >= 15 is 0 Å². The van der Waals surface area contributed by atoms with Gasteiger partial charge in [-0.25, -0.2) is 0 Å². The summed E-state index contributed by atoms with van der Waals surface area (Å²) in [6.45, 7) is 0.142. The second-order valence-corrected chi connectivity index (χ2v) is 6.43. The van der Waals surface area contributed by atoms with E-state index in [0.29, 0.717) is 12.1 Å². The van der Waals surface area contributed by atoms with Gasteiger partial charge in [-0.05, 0) is 23.6 Å². The van der Waals surface area contributed by atoms with Gasteiger partial charge in [-0.2, -0.15) is 26.3 Å². The number of nitrogens with zero attached hydrogens (tertiary/aromatic N) is 1. The third-order valence-electron chi connectivity index (χ3n) is 4.74. The number of methoxy groups -OCH3 is 1. The summed E-state index contributed by atoms with van der Waals surface area (Å²) in [5.74, 6) is 0. The van der Waals surface area contributed by atoms with Gasteiger partial charge in [0, 0.05) is 30.0 Å². The van der Waals surface area contributed by atoms with Crippen LogP contribution in [0.1, 0.15) is 5.56 Å². The Morgan fingerprint density at radius 1 is 0.931 bits per heavy atom. The standard InChI is InChI=1S/C19H15F6NO3/c1-29-9-8-26-15-7-6-11(17(28,18(20,21)22)19(23,24)25)10-14(15)12-4-2-3-5-13(12)16(26)27/h2-7,10,28H,8-9H2,1H3. The van der Waals surface area contributed by atoms with E-state index in [1.54, 1.807) is 0 Å². The lowest BCUT2D eigenvalue weighted by Gasteiger charge is -2.33. The Bertz CT molecular complexity index is 1100. The number of ether oxygens (including phenoxy) is 1. The number of benzene rings is 2. The third-order valence-corrected chi connectivity index (χ3v) is 4.74. The van der Waals surface area contributed by atoms with E-state index in [2.05, 4.69) is 0 Å². The quantitative estimate of drug-likeness (QED) is 0.512. The van der Waals surface area contributed by atoms with Crippen LogP contribution in [0.5, 0.6) is 0 Å². The number of hydrogen-bond donors (Lipinski definition) is 1. The van der Waals surface area contributed by atoms with Crippen LogP contribution in [0.4, 0.5) is 26.3 Å². The molecule has 1 N–H and O–H groups in total. The fourth-order valence-electron chi connectivity index (χ4n) is 3.26. The van der Waals surface area contributed by atoms with Crippen molar-refractivity contribution >= 4 is 21.7 Å². The largest absolute Gasteiger partial charge is 0.430 e. The van der Waals surface area contributed by atoms with E-state index in [0.717, 1.165) is 6.07 Å². The maximum absolute atomic E-state index is 13.3. The Morgan fingerprint density at radius 2 is 1.52 bits per heavy atom. The van der Waals surface area contributed by atoms with Crippen LogP contribution < -0.4 is 5.56 Å². The Balaban J connectivity index is 2.42. The molecule has 29 heavy (non-hydrogen) atoms. The number of halogens is 6. The zero-order valence-corrected chi connectivity index (χ0v) is 14.9. The monoisotopic (exact) mass is 419 g/mol. The predicted octanol–water partition coefficient (Wildman–Crippen LogP) is 4.11. The average Bonchev–Trinajstić information content (AvgIpc) is 2.65. The third kappa shape index (κ3) is 3.25. The molecule has 0 saturated heterocycles. The van der Waals surface area contributed by atoms with Crippen molar-refractivity contribution in [2.45, 2.75) is 24.5 Å². The Morgan fingerprint density at radius 3 is 2.07 bits per heavy atom. The molecule has 0 amide bonds. The van der Waals surface area contributed by atoms with Crippen LogP contribution in [0, 0.1) is 0 Å². The summed E-state index contributed by atoms with van der Waals surface area (Å²) in [4.78, 5) is 12.7. The topological polar surface area (TPSA) is 51.5 Å². The molecule has 10 heteroatoms. The van der Waals surface area contributed by atoms with E-state index in [1.807, 2.05) is 0 Å². The van der Waals surface area contributed by atoms with Gasteiger partial charge >= 0.3 is 12.4 Å². The average molecular weight is 419 g/mol. The van der Waals surface area contributed by atoms with E-state index in [-0.39, 0.29) is 34.8 Å². The van der Waals surface area contributed by atoms with Gasteiger partial charge in [0.15, 0.2) is 0 Å². The van der Waals surface area contributed by atoms with Gasteiger partial charge in [0.25, 0.3) is 11.2 Å². The van der Waals surface area contributed by atoms with E-state index in [4.69, 9.17) is 4.74 Å². The highest BCUT2D eigenvalue weighted by molar-refractivity contribution is 6.05. The van der Waals surface area contributed by atoms with Crippen molar-refractivity contribution in [3.05, 3.63) is 58.4 Å². The second-order valence-electron chi connectivity index (χ2n) is 6.43. The van der Waals surface area contributed by atoms with E-state index in [1.165, 1.54) is 35.9 Å². The first kappa shape index (κ1) is 21.1. The van der Waals surface area contributed by atoms with Gasteiger partial charge in [0.1, 0.15) is 0 Å². The zero-order chi connectivity index (χ0) is 21.6. The molecule has 0 fully saturated rings. The molecule has 2 aromatic carbocycles. The van der Waals surface area contributed by atoms with Crippen molar-refractivity contribution in [1.82, 2.24) is 4.57 Å². The van der Waals surface area contributed by atoms with Crippen LogP contribution in [0.3, 0.4) is 0 Å². The molecule has 1 heterocycles. The molecule has 0 atom stereocenters. The summed E-state index contributed by atoms with van der Waals surface area (Å²) in [6.07, 6.45) is -12.0. The van der Waals surface area contributed by atoms with Gasteiger partial charge in [-0.1, -0.05) is 24.3 Å². The smallest absolute Gasteiger partial charge is 0.383 e. The normalized spacial score (nSPS) is 13.4. The molecule has 0 aliphatic carbocycles. The molecule has 0 radical (unpaired) electrons. The van der Waals surface area contributed by atoms with Gasteiger partial charge in [0.2, 0.25) is 0 Å². The first-order valence-electron chi connectivity index (χ1n) is 8.34. The summed E-state index contributed by atoms with van der Waals surface area (Å²) < 4.78 is 85.8. The molecule has 0 saturated carbocycles. The first-order chi connectivity index (χ1) is 13.4. The predicted molar refractivity (Wildman–Crippen MR) is 93.6 cm³/mol. The molecule has 0 bridgehead atoms. The van der Waals surface area contributed by atoms with E-state index in [9.17, 15) is 36.2 Å². The van der Waals surface area contributed by atoms with Crippen molar-refractivity contribution in [3.8, 4) is 0 Å². The van der Waals surface area contributed by atoms with Crippen LogP contribution in [-0.4, -0.2) is 35.7 Å². The summed E-state index contributed by atoms with van der Waals surface area (Å²) in [7, 11) is 1.39. The molecule has 3 aromatic rings. The SMILES string of the molecule is COCCn1c(=O)c2ccccc2c2cc(C(O)(C(F)(F)F)C(F)(F)F)ccc21. The summed E-state index contributed by atoms with van der Waals surface area (Å²) in [6, 6.07) is 8.00. The number of pyridine rings is 1. The summed E-state index contributed by atoms with van der Waals surface area (Å²) in [5.41, 5.74) is -6.77. The molecule has 0 aliphatic rings. The van der Waals surface area contributed by atoms with Gasteiger partial charge < -0.3 is 14.4 Å². The molecule has 4 nitrogen and oxygen atoms in total. The molecular weight excluding hydrogens is 404 g/mol. The van der Waals surface area contributed by atoms with Crippen molar-refractivity contribution in [3.63, 3.8) is 0 Å². The number of fused-ring (bicyclic) bond motifs is 3. The minimum Gasteiger partial charge on any atom is -0.383 e. The van der Waals surface area contributed by atoms with Crippen LogP contribution in [0.25, 0.3) is 21.7 Å². The van der Waals surface area contributed by atoms with Crippen LogP contribution in [0.15, 0.2) is 47.3 Å². The number of alkyl halides is 6. The molecule has 3 rings (SSSR count). The van der Waals surface area contributed by atoms with Crippen molar-refractivity contribution in [1.29, 1.82) is 0 Å².